The van der Waals surface area contributed by atoms with Gasteiger partial charge in [0.05, 0.1) is 0 Å². The third-order valence-electron chi connectivity index (χ3n) is 7.46. The van der Waals surface area contributed by atoms with Gasteiger partial charge >= 0.3 is 0 Å². The summed E-state index contributed by atoms with van der Waals surface area (Å²) in [6.45, 7) is 7.89. The highest BCUT2D eigenvalue weighted by atomic mass is 32.1. The fraction of sp³-hybridized carbons (Fsp3) is 0.290. The molecular formula is C31H32FN3O2S. The van der Waals surface area contributed by atoms with Crippen LogP contribution in [-0.4, -0.2) is 24.8 Å². The normalized spacial score (nSPS) is 19.2. The number of nitrogens with one attached hydrogen (secondary N) is 2. The van der Waals surface area contributed by atoms with Gasteiger partial charge in [0.25, 0.3) is 5.91 Å². The lowest BCUT2D eigenvalue weighted by Gasteiger charge is -2.37. The number of halogens is 1. The largest absolute Gasteiger partial charge is 0.372 e. The van der Waals surface area contributed by atoms with Crippen LogP contribution < -0.4 is 15.5 Å². The number of anilines is 2. The van der Waals surface area contributed by atoms with Crippen molar-refractivity contribution in [1.29, 1.82) is 0 Å². The Hall–Kier alpha value is -3.71. The highest BCUT2D eigenvalue weighted by molar-refractivity contribution is 7.10. The molecule has 1 aromatic heterocycles. The molecular weight excluding hydrogens is 497 g/mol. The second-order valence-corrected chi connectivity index (χ2v) is 10.7. The molecule has 0 saturated heterocycles. The van der Waals surface area contributed by atoms with E-state index in [1.807, 2.05) is 30.5 Å². The van der Waals surface area contributed by atoms with Gasteiger partial charge in [0.1, 0.15) is 5.82 Å². The van der Waals surface area contributed by atoms with Crippen LogP contribution in [0.3, 0.4) is 0 Å². The summed E-state index contributed by atoms with van der Waals surface area (Å²) in [6, 6.07) is 18.1. The maximum absolute atomic E-state index is 13.8. The molecule has 0 spiro atoms. The zero-order valence-electron chi connectivity index (χ0n) is 21.9. The lowest BCUT2D eigenvalue weighted by Crippen LogP contribution is -2.37. The van der Waals surface area contributed by atoms with Crippen molar-refractivity contribution in [2.24, 2.45) is 0 Å². The Morgan fingerprint density at radius 3 is 2.50 bits per heavy atom. The zero-order chi connectivity index (χ0) is 26.8. The minimum Gasteiger partial charge on any atom is -0.372 e. The predicted molar refractivity (Wildman–Crippen MR) is 152 cm³/mol. The number of carbonyl (C=O) groups excluding carboxylic acids is 2. The molecule has 1 aliphatic carbocycles. The highest BCUT2D eigenvalue weighted by Crippen LogP contribution is 2.46. The van der Waals surface area contributed by atoms with E-state index in [-0.39, 0.29) is 17.6 Å². The first-order chi connectivity index (χ1) is 18.4. The molecule has 0 unspecified atom stereocenters. The predicted octanol–water partition coefficient (Wildman–Crippen LogP) is 6.73. The van der Waals surface area contributed by atoms with Crippen LogP contribution in [0.5, 0.6) is 0 Å². The fourth-order valence-corrected chi connectivity index (χ4v) is 6.46. The molecule has 5 nitrogen and oxygen atoms in total. The van der Waals surface area contributed by atoms with E-state index in [0.29, 0.717) is 35.4 Å². The van der Waals surface area contributed by atoms with E-state index in [1.54, 1.807) is 23.5 Å². The second-order valence-electron chi connectivity index (χ2n) is 9.76. The van der Waals surface area contributed by atoms with E-state index >= 15 is 0 Å². The molecule has 5 rings (SSSR count). The first kappa shape index (κ1) is 25.9. The molecule has 7 heteroatoms. The van der Waals surface area contributed by atoms with Gasteiger partial charge in [-0.3, -0.25) is 9.59 Å². The average molecular weight is 530 g/mol. The van der Waals surface area contributed by atoms with E-state index in [9.17, 15) is 14.0 Å². The average Bonchev–Trinajstić information content (AvgIpc) is 3.44. The first-order valence-electron chi connectivity index (χ1n) is 13.1. The summed E-state index contributed by atoms with van der Waals surface area (Å²) in [5.41, 5.74) is 5.09. The second kappa shape index (κ2) is 11.0. The maximum Gasteiger partial charge on any atom is 0.254 e. The van der Waals surface area contributed by atoms with E-state index in [1.165, 1.54) is 17.0 Å². The molecule has 2 heterocycles. The number of dihydropyridines is 1. The lowest BCUT2D eigenvalue weighted by atomic mass is 9.72. The summed E-state index contributed by atoms with van der Waals surface area (Å²) >= 11 is 1.67. The standard InChI is InChI=1S/C31H32FN3O2S/c1-4-35(5-2)24-13-11-20(12-14-24)29-28(31(37)34-23-9-6-8-22(32)18-23)19(3)33-25-16-21(17-26(36)30(25)29)27-10-7-15-38-27/h6-15,18,21,29,33H,4-5,16-17H2,1-3H3,(H,34,37)/t21-,29-/m1/s1. The number of rotatable bonds is 7. The highest BCUT2D eigenvalue weighted by Gasteiger charge is 2.41. The number of nitrogens with zero attached hydrogens (tertiary/aromatic N) is 1. The summed E-state index contributed by atoms with van der Waals surface area (Å²) in [5, 5.41) is 8.31. The number of benzene rings is 2. The number of hydrogen-bond acceptors (Lipinski definition) is 5. The third kappa shape index (κ3) is 5.03. The molecule has 2 aromatic carbocycles. The van der Waals surface area contributed by atoms with Gasteiger partial charge in [-0.05, 0) is 74.5 Å². The van der Waals surface area contributed by atoms with Gasteiger partial charge in [-0.1, -0.05) is 24.3 Å². The van der Waals surface area contributed by atoms with E-state index in [2.05, 4.69) is 47.6 Å². The van der Waals surface area contributed by atoms with Crippen LogP contribution in [0, 0.1) is 5.82 Å². The molecule has 0 bridgehead atoms. The van der Waals surface area contributed by atoms with Crippen LogP contribution in [0.4, 0.5) is 15.8 Å². The van der Waals surface area contributed by atoms with Crippen molar-refractivity contribution >= 4 is 34.4 Å². The Morgan fingerprint density at radius 1 is 1.08 bits per heavy atom. The van der Waals surface area contributed by atoms with Crippen molar-refractivity contribution in [3.05, 3.63) is 105 Å². The van der Waals surface area contributed by atoms with Crippen molar-refractivity contribution in [3.8, 4) is 0 Å². The molecule has 0 saturated carbocycles. The molecule has 0 fully saturated rings. The SMILES string of the molecule is CCN(CC)c1ccc([C@@H]2C(C(=O)Nc3cccc(F)c3)=C(C)NC3=C2C(=O)C[C@H](c2cccs2)C3)cc1. The van der Waals surface area contributed by atoms with E-state index < -0.39 is 11.7 Å². The zero-order valence-corrected chi connectivity index (χ0v) is 22.7. The molecule has 2 aliphatic rings. The molecule has 2 N–H and O–H groups in total. The minimum absolute atomic E-state index is 0.0542. The van der Waals surface area contributed by atoms with Crippen molar-refractivity contribution in [3.63, 3.8) is 0 Å². The topological polar surface area (TPSA) is 61.4 Å². The number of hydrogen-bond donors (Lipinski definition) is 2. The lowest BCUT2D eigenvalue weighted by molar-refractivity contribution is -0.116. The van der Waals surface area contributed by atoms with Crippen LogP contribution >= 0.6 is 11.3 Å². The Balaban J connectivity index is 1.56. The Morgan fingerprint density at radius 2 is 1.84 bits per heavy atom. The van der Waals surface area contributed by atoms with Crippen LogP contribution in [0.1, 0.15) is 55.9 Å². The molecule has 38 heavy (non-hydrogen) atoms. The van der Waals surface area contributed by atoms with Gasteiger partial charge in [-0.25, -0.2) is 4.39 Å². The van der Waals surface area contributed by atoms with Crippen LogP contribution in [0.2, 0.25) is 0 Å². The van der Waals surface area contributed by atoms with Crippen molar-refractivity contribution in [1.82, 2.24) is 5.32 Å². The van der Waals surface area contributed by atoms with Gasteiger partial charge < -0.3 is 15.5 Å². The molecule has 2 atom stereocenters. The third-order valence-corrected chi connectivity index (χ3v) is 8.49. The summed E-state index contributed by atoms with van der Waals surface area (Å²) in [7, 11) is 0. The van der Waals surface area contributed by atoms with Crippen LogP contribution in [0.15, 0.2) is 88.6 Å². The number of Topliss-reactive ketones (excluding diaryl/α,β-unsaturated/α-hetero) is 1. The van der Waals surface area contributed by atoms with Gasteiger partial charge in [0, 0.05) is 70.1 Å². The summed E-state index contributed by atoms with van der Waals surface area (Å²) in [6.07, 6.45) is 1.12. The number of allylic oxidation sites excluding steroid dienone is 3. The molecule has 0 radical (unpaired) electrons. The Labute approximate surface area is 227 Å². The number of ketones is 1. The van der Waals surface area contributed by atoms with Gasteiger partial charge in [-0.2, -0.15) is 0 Å². The van der Waals surface area contributed by atoms with E-state index in [4.69, 9.17) is 0 Å². The number of carbonyl (C=O) groups is 2. The van der Waals surface area contributed by atoms with E-state index in [0.717, 1.165) is 30.0 Å². The summed E-state index contributed by atoms with van der Waals surface area (Å²) in [4.78, 5) is 30.9. The maximum atomic E-state index is 13.8. The fourth-order valence-electron chi connectivity index (χ4n) is 5.63. The van der Waals surface area contributed by atoms with Gasteiger partial charge in [-0.15, -0.1) is 11.3 Å². The van der Waals surface area contributed by atoms with Gasteiger partial charge in [0.15, 0.2) is 5.78 Å². The Kier molecular flexibility index (Phi) is 7.47. The van der Waals surface area contributed by atoms with Crippen molar-refractivity contribution < 1.29 is 14.0 Å². The Bertz CT molecular complexity index is 1410. The summed E-state index contributed by atoms with van der Waals surface area (Å²) < 4.78 is 13.8. The van der Waals surface area contributed by atoms with Crippen LogP contribution in [0.25, 0.3) is 0 Å². The monoisotopic (exact) mass is 529 g/mol. The van der Waals surface area contributed by atoms with Crippen molar-refractivity contribution in [2.75, 3.05) is 23.3 Å². The van der Waals surface area contributed by atoms with Crippen LogP contribution in [-0.2, 0) is 9.59 Å². The minimum atomic E-state index is -0.512. The number of thiophene rings is 1. The quantitative estimate of drug-likeness (QED) is 0.356. The molecule has 1 amide bonds. The molecule has 1 aliphatic heterocycles. The van der Waals surface area contributed by atoms with Gasteiger partial charge in [0.2, 0.25) is 0 Å². The molecule has 3 aromatic rings. The first-order valence-corrected chi connectivity index (χ1v) is 14.0. The summed E-state index contributed by atoms with van der Waals surface area (Å²) in [5.74, 6) is -1.11. The molecule has 196 valence electrons. The van der Waals surface area contributed by atoms with Crippen molar-refractivity contribution in [2.45, 2.75) is 45.4 Å². The number of amides is 1. The smallest absolute Gasteiger partial charge is 0.254 e.